The first-order valence-electron chi connectivity index (χ1n) is 5.53. The van der Waals surface area contributed by atoms with Gasteiger partial charge in [-0.2, -0.15) is 0 Å². The predicted molar refractivity (Wildman–Crippen MR) is 61.3 cm³/mol. The van der Waals surface area contributed by atoms with Crippen molar-refractivity contribution in [2.24, 2.45) is 0 Å². The maximum absolute atomic E-state index is 12.3. The van der Waals surface area contributed by atoms with E-state index in [-0.39, 0.29) is 0 Å². The zero-order chi connectivity index (χ0) is 12.0. The molecule has 0 amide bonds. The van der Waals surface area contributed by atoms with Gasteiger partial charge in [0.05, 0.1) is 19.8 Å². The Morgan fingerprint density at radius 2 is 2.12 bits per heavy atom. The summed E-state index contributed by atoms with van der Waals surface area (Å²) in [6.07, 6.45) is 0. The van der Waals surface area contributed by atoms with E-state index in [9.17, 15) is 9.46 Å². The van der Waals surface area contributed by atoms with E-state index in [4.69, 9.17) is 9.47 Å². The molecule has 0 radical (unpaired) electrons. The molecule has 1 N–H and O–H groups in total. The smallest absolute Gasteiger partial charge is 0.343 e. The van der Waals surface area contributed by atoms with Gasteiger partial charge in [-0.1, -0.05) is 6.92 Å². The van der Waals surface area contributed by atoms with Crippen molar-refractivity contribution >= 4 is 7.67 Å². The lowest BCUT2D eigenvalue weighted by Gasteiger charge is -2.36. The molecule has 1 atom stereocenters. The van der Waals surface area contributed by atoms with Crippen LogP contribution >= 0.6 is 7.67 Å². The maximum atomic E-state index is 12.3. The SMILES string of the molecule is CCN(CCOC)P(=O)(O)N1CCOCC1. The maximum Gasteiger partial charge on any atom is 0.343 e. The van der Waals surface area contributed by atoms with Crippen molar-refractivity contribution in [3.8, 4) is 0 Å². The van der Waals surface area contributed by atoms with Crippen LogP contribution in [0.3, 0.4) is 0 Å². The second kappa shape index (κ2) is 6.69. The number of methoxy groups -OCH3 is 1. The molecule has 1 rings (SSSR count). The van der Waals surface area contributed by atoms with Crippen molar-refractivity contribution in [2.45, 2.75) is 6.92 Å². The van der Waals surface area contributed by atoms with E-state index in [0.717, 1.165) is 0 Å². The van der Waals surface area contributed by atoms with Crippen molar-refractivity contribution in [1.29, 1.82) is 0 Å². The Labute approximate surface area is 96.7 Å². The summed E-state index contributed by atoms with van der Waals surface area (Å²) in [5, 5.41) is 0. The number of hydrogen-bond donors (Lipinski definition) is 1. The number of morpholine rings is 1. The summed E-state index contributed by atoms with van der Waals surface area (Å²) in [6.45, 7) is 5.40. The average Bonchev–Trinajstić information content (AvgIpc) is 2.31. The van der Waals surface area contributed by atoms with Crippen LogP contribution in [0.15, 0.2) is 0 Å². The first-order valence-corrected chi connectivity index (χ1v) is 7.09. The van der Waals surface area contributed by atoms with Crippen LogP contribution in [-0.2, 0) is 14.0 Å². The van der Waals surface area contributed by atoms with Gasteiger partial charge in [0, 0.05) is 33.3 Å². The van der Waals surface area contributed by atoms with Crippen molar-refractivity contribution in [3.05, 3.63) is 0 Å². The fourth-order valence-corrected chi connectivity index (χ4v) is 3.42. The fraction of sp³-hybridized carbons (Fsp3) is 1.00. The Hall–Kier alpha value is 0.0300. The van der Waals surface area contributed by atoms with Crippen LogP contribution in [-0.4, -0.2) is 67.3 Å². The van der Waals surface area contributed by atoms with Gasteiger partial charge in [0.2, 0.25) is 0 Å². The Balaban J connectivity index is 2.60. The molecule has 1 fully saturated rings. The number of ether oxygens (including phenoxy) is 2. The van der Waals surface area contributed by atoms with E-state index in [2.05, 4.69) is 0 Å². The molecule has 1 aliphatic heterocycles. The normalized spacial score (nSPS) is 22.2. The van der Waals surface area contributed by atoms with E-state index in [1.807, 2.05) is 6.92 Å². The highest BCUT2D eigenvalue weighted by molar-refractivity contribution is 7.52. The molecule has 96 valence electrons. The van der Waals surface area contributed by atoms with Crippen LogP contribution in [0.1, 0.15) is 6.92 Å². The molecule has 16 heavy (non-hydrogen) atoms. The molecule has 0 bridgehead atoms. The molecule has 6 nitrogen and oxygen atoms in total. The average molecular weight is 252 g/mol. The van der Waals surface area contributed by atoms with Gasteiger partial charge < -0.3 is 14.4 Å². The fourth-order valence-electron chi connectivity index (χ4n) is 1.66. The number of nitrogens with zero attached hydrogens (tertiary/aromatic N) is 2. The largest absolute Gasteiger partial charge is 0.383 e. The number of likely N-dealkylation sites (N-methyl/N-ethyl adjacent to an activating group) is 1. The summed E-state index contributed by atoms with van der Waals surface area (Å²) >= 11 is 0. The molecule has 0 aromatic carbocycles. The highest BCUT2D eigenvalue weighted by atomic mass is 31.2. The van der Waals surface area contributed by atoms with Crippen LogP contribution < -0.4 is 0 Å². The lowest BCUT2D eigenvalue weighted by atomic mass is 10.5. The molecule has 0 aromatic heterocycles. The molecular formula is C9H21N2O4P. The first kappa shape index (κ1) is 14.1. The Morgan fingerprint density at radius 1 is 1.50 bits per heavy atom. The van der Waals surface area contributed by atoms with Crippen LogP contribution in [0.5, 0.6) is 0 Å². The molecule has 0 aromatic rings. The van der Waals surface area contributed by atoms with Gasteiger partial charge in [-0.3, -0.25) is 4.57 Å². The highest BCUT2D eigenvalue weighted by Crippen LogP contribution is 2.48. The molecule has 1 saturated heterocycles. The number of rotatable bonds is 6. The topological polar surface area (TPSA) is 62.2 Å². The van der Waals surface area contributed by atoms with Gasteiger partial charge in [0.15, 0.2) is 0 Å². The van der Waals surface area contributed by atoms with Gasteiger partial charge >= 0.3 is 7.67 Å². The standard InChI is InChI=1S/C9H21N2O4P/c1-3-10(4-7-14-2)16(12,13)11-5-8-15-9-6-11/h3-9H2,1-2H3,(H,12,13). The van der Waals surface area contributed by atoms with Crippen molar-refractivity contribution in [1.82, 2.24) is 9.34 Å². The summed E-state index contributed by atoms with van der Waals surface area (Å²) in [5.41, 5.74) is 0. The third kappa shape index (κ3) is 3.52. The van der Waals surface area contributed by atoms with Gasteiger partial charge in [0.25, 0.3) is 0 Å². The van der Waals surface area contributed by atoms with E-state index < -0.39 is 7.67 Å². The molecule has 0 spiro atoms. The molecule has 1 unspecified atom stereocenters. The number of hydrogen-bond acceptors (Lipinski definition) is 3. The highest BCUT2D eigenvalue weighted by Gasteiger charge is 2.35. The van der Waals surface area contributed by atoms with Crippen LogP contribution in [0.25, 0.3) is 0 Å². The second-order valence-corrected chi connectivity index (χ2v) is 5.78. The minimum atomic E-state index is -3.40. The van der Waals surface area contributed by atoms with E-state index in [0.29, 0.717) is 46.0 Å². The Bertz CT molecular complexity index is 246. The van der Waals surface area contributed by atoms with Crippen molar-refractivity contribution in [2.75, 3.05) is 53.1 Å². The van der Waals surface area contributed by atoms with E-state index >= 15 is 0 Å². The lowest BCUT2D eigenvalue weighted by molar-refractivity contribution is 0.0615. The Kier molecular flexibility index (Phi) is 5.89. The van der Waals surface area contributed by atoms with Crippen molar-refractivity contribution in [3.63, 3.8) is 0 Å². The van der Waals surface area contributed by atoms with Crippen LogP contribution in [0.2, 0.25) is 0 Å². The van der Waals surface area contributed by atoms with Crippen LogP contribution in [0.4, 0.5) is 0 Å². The van der Waals surface area contributed by atoms with Gasteiger partial charge in [-0.25, -0.2) is 9.34 Å². The van der Waals surface area contributed by atoms with E-state index in [1.165, 1.54) is 0 Å². The first-order chi connectivity index (χ1) is 7.62. The third-order valence-corrected chi connectivity index (χ3v) is 5.00. The van der Waals surface area contributed by atoms with Gasteiger partial charge in [-0.15, -0.1) is 0 Å². The summed E-state index contributed by atoms with van der Waals surface area (Å²) in [5.74, 6) is 0. The third-order valence-electron chi connectivity index (χ3n) is 2.64. The molecular weight excluding hydrogens is 231 g/mol. The lowest BCUT2D eigenvalue weighted by Crippen LogP contribution is -2.40. The zero-order valence-corrected chi connectivity index (χ0v) is 10.9. The van der Waals surface area contributed by atoms with Crippen molar-refractivity contribution < 1.29 is 18.9 Å². The van der Waals surface area contributed by atoms with E-state index in [1.54, 1.807) is 16.5 Å². The minimum Gasteiger partial charge on any atom is -0.383 e. The summed E-state index contributed by atoms with van der Waals surface area (Å²) in [4.78, 5) is 10.1. The Morgan fingerprint density at radius 3 is 2.62 bits per heavy atom. The summed E-state index contributed by atoms with van der Waals surface area (Å²) < 4.78 is 25.6. The second-order valence-electron chi connectivity index (χ2n) is 3.62. The summed E-state index contributed by atoms with van der Waals surface area (Å²) in [7, 11) is -1.81. The molecule has 0 aliphatic carbocycles. The minimum absolute atomic E-state index is 0.461. The monoisotopic (exact) mass is 252 g/mol. The molecule has 1 heterocycles. The molecule has 0 saturated carbocycles. The molecule has 7 heteroatoms. The van der Waals surface area contributed by atoms with Gasteiger partial charge in [0.1, 0.15) is 0 Å². The zero-order valence-electron chi connectivity index (χ0n) is 9.96. The summed E-state index contributed by atoms with van der Waals surface area (Å²) in [6, 6.07) is 0. The van der Waals surface area contributed by atoms with Gasteiger partial charge in [-0.05, 0) is 0 Å². The predicted octanol–water partition coefficient (Wildman–Crippen LogP) is 0.387. The quantitative estimate of drug-likeness (QED) is 0.690. The molecule has 1 aliphatic rings. The van der Waals surface area contributed by atoms with Crippen LogP contribution in [0, 0.1) is 0 Å².